The van der Waals surface area contributed by atoms with Gasteiger partial charge in [-0.2, -0.15) is 0 Å². The van der Waals surface area contributed by atoms with Crippen LogP contribution in [-0.2, 0) is 4.79 Å². The summed E-state index contributed by atoms with van der Waals surface area (Å²) >= 11 is 0. The zero-order chi connectivity index (χ0) is 9.40. The van der Waals surface area contributed by atoms with Crippen LogP contribution < -0.4 is 16.6 Å². The molecule has 70 valence electrons. The van der Waals surface area contributed by atoms with E-state index in [-0.39, 0.29) is 5.78 Å². The van der Waals surface area contributed by atoms with Crippen LogP contribution in [0.3, 0.4) is 0 Å². The molecule has 0 bridgehead atoms. The lowest BCUT2D eigenvalue weighted by Crippen LogP contribution is -2.40. The summed E-state index contributed by atoms with van der Waals surface area (Å²) in [7, 11) is 0. The van der Waals surface area contributed by atoms with Crippen LogP contribution >= 0.6 is 0 Å². The second-order valence-electron chi connectivity index (χ2n) is 2.40. The molecule has 0 radical (unpaired) electrons. The van der Waals surface area contributed by atoms with E-state index in [1.807, 2.05) is 12.3 Å². The van der Waals surface area contributed by atoms with Crippen LogP contribution in [0.5, 0.6) is 0 Å². The van der Waals surface area contributed by atoms with Crippen LogP contribution in [0, 0.1) is 0 Å². The number of carbonyl (C=O) groups is 2. The number of carbonyl (C=O) groups excluding carboxylic acids is 2. The van der Waals surface area contributed by atoms with Gasteiger partial charge >= 0.3 is 6.03 Å². The van der Waals surface area contributed by atoms with Crippen LogP contribution in [0.15, 0.2) is 0 Å². The van der Waals surface area contributed by atoms with Crippen molar-refractivity contribution < 1.29 is 9.59 Å². The van der Waals surface area contributed by atoms with Gasteiger partial charge < -0.3 is 5.32 Å². The van der Waals surface area contributed by atoms with Gasteiger partial charge in [0.15, 0.2) is 0 Å². The molecule has 0 aromatic rings. The largest absolute Gasteiger partial charge is 0.337 e. The molecule has 0 heterocycles. The number of nitrogens with two attached hydrogens (primary N) is 1. The molecular formula is C7H15N3O2. The smallest absolute Gasteiger partial charge is 0.328 e. The molecule has 0 aliphatic carbocycles. The third kappa shape index (κ3) is 5.67. The Labute approximate surface area is 71.7 Å². The molecule has 0 atom stereocenters. The first-order valence-electron chi connectivity index (χ1n) is 3.96. The van der Waals surface area contributed by atoms with Gasteiger partial charge in [0.25, 0.3) is 0 Å². The maximum atomic E-state index is 10.8. The summed E-state index contributed by atoms with van der Waals surface area (Å²) in [5.74, 6) is 5.02. The van der Waals surface area contributed by atoms with Crippen molar-refractivity contribution >= 4 is 11.8 Å². The van der Waals surface area contributed by atoms with Crippen molar-refractivity contribution in [2.75, 3.05) is 6.54 Å². The fraction of sp³-hybridized carbons (Fsp3) is 0.714. The number of hydrogen-bond donors (Lipinski definition) is 3. The lowest BCUT2D eigenvalue weighted by atomic mass is 10.2. The molecule has 5 heteroatoms. The second-order valence-corrected chi connectivity index (χ2v) is 2.40. The van der Waals surface area contributed by atoms with Crippen molar-refractivity contribution in [3.05, 3.63) is 0 Å². The number of ketones is 1. The van der Waals surface area contributed by atoms with E-state index in [1.54, 1.807) is 0 Å². The Balaban J connectivity index is 3.21. The molecule has 5 nitrogen and oxygen atoms in total. The highest BCUT2D eigenvalue weighted by Crippen LogP contribution is 1.92. The summed E-state index contributed by atoms with van der Waals surface area (Å²) in [6, 6.07) is -0.418. The molecule has 0 spiro atoms. The first-order valence-corrected chi connectivity index (χ1v) is 3.96. The maximum Gasteiger partial charge on any atom is 0.328 e. The third-order valence-corrected chi connectivity index (χ3v) is 1.44. The summed E-state index contributed by atoms with van der Waals surface area (Å²) in [4.78, 5) is 21.3. The molecule has 0 saturated heterocycles. The van der Waals surface area contributed by atoms with Gasteiger partial charge in [-0.25, -0.2) is 10.6 Å². The Hall–Kier alpha value is -1.10. The first-order chi connectivity index (χ1) is 5.70. The Morgan fingerprint density at radius 1 is 1.42 bits per heavy atom. The quantitative estimate of drug-likeness (QED) is 0.235. The van der Waals surface area contributed by atoms with Gasteiger partial charge in [0.2, 0.25) is 0 Å². The maximum absolute atomic E-state index is 10.8. The van der Waals surface area contributed by atoms with E-state index in [4.69, 9.17) is 5.84 Å². The van der Waals surface area contributed by atoms with Gasteiger partial charge in [0, 0.05) is 19.4 Å². The van der Waals surface area contributed by atoms with Gasteiger partial charge in [-0.3, -0.25) is 10.2 Å². The minimum Gasteiger partial charge on any atom is -0.337 e. The average Bonchev–Trinajstić information content (AvgIpc) is 2.11. The predicted octanol–water partition coefficient (Wildman–Crippen LogP) is -0.0814. The molecule has 0 aliphatic rings. The number of hydrogen-bond acceptors (Lipinski definition) is 3. The molecule has 0 unspecified atom stereocenters. The summed E-state index contributed by atoms with van der Waals surface area (Å²) in [6.45, 7) is 2.30. The van der Waals surface area contributed by atoms with Crippen LogP contribution in [0.25, 0.3) is 0 Å². The van der Waals surface area contributed by atoms with Crippen molar-refractivity contribution in [2.45, 2.75) is 26.2 Å². The van der Waals surface area contributed by atoms with E-state index in [0.29, 0.717) is 25.8 Å². The molecule has 0 fully saturated rings. The number of amides is 2. The van der Waals surface area contributed by atoms with Crippen LogP contribution in [-0.4, -0.2) is 18.4 Å². The van der Waals surface area contributed by atoms with Gasteiger partial charge in [-0.1, -0.05) is 6.92 Å². The van der Waals surface area contributed by atoms with E-state index in [0.717, 1.165) is 0 Å². The third-order valence-electron chi connectivity index (χ3n) is 1.44. The van der Waals surface area contributed by atoms with Gasteiger partial charge in [0.1, 0.15) is 5.78 Å². The van der Waals surface area contributed by atoms with Crippen molar-refractivity contribution in [2.24, 2.45) is 5.84 Å². The average molecular weight is 173 g/mol. The summed E-state index contributed by atoms with van der Waals surface area (Å²) < 4.78 is 0. The van der Waals surface area contributed by atoms with Gasteiger partial charge in [-0.15, -0.1) is 0 Å². The SMILES string of the molecule is CCC(=O)CCCNC(=O)NN. The minimum atomic E-state index is -0.418. The molecule has 0 saturated carbocycles. The second kappa shape index (κ2) is 6.60. The Morgan fingerprint density at radius 3 is 2.58 bits per heavy atom. The zero-order valence-electron chi connectivity index (χ0n) is 7.22. The highest BCUT2D eigenvalue weighted by Gasteiger charge is 1.98. The van der Waals surface area contributed by atoms with Gasteiger partial charge in [0.05, 0.1) is 0 Å². The van der Waals surface area contributed by atoms with E-state index in [1.165, 1.54) is 0 Å². The number of urea groups is 1. The molecule has 4 N–H and O–H groups in total. The predicted molar refractivity (Wildman–Crippen MR) is 45.3 cm³/mol. The molecule has 0 aliphatic heterocycles. The van der Waals surface area contributed by atoms with E-state index < -0.39 is 6.03 Å². The molecule has 0 aromatic heterocycles. The number of rotatable bonds is 5. The Bertz CT molecular complexity index is 141. The topological polar surface area (TPSA) is 84.2 Å². The molecular weight excluding hydrogens is 158 g/mol. The van der Waals surface area contributed by atoms with Gasteiger partial charge in [-0.05, 0) is 6.42 Å². The van der Waals surface area contributed by atoms with Crippen molar-refractivity contribution in [1.29, 1.82) is 0 Å². The van der Waals surface area contributed by atoms with Crippen LogP contribution in [0.4, 0.5) is 4.79 Å². The highest BCUT2D eigenvalue weighted by molar-refractivity contribution is 5.78. The minimum absolute atomic E-state index is 0.213. The van der Waals surface area contributed by atoms with Crippen molar-refractivity contribution in [3.8, 4) is 0 Å². The fourth-order valence-corrected chi connectivity index (χ4v) is 0.715. The number of hydrazine groups is 1. The van der Waals surface area contributed by atoms with E-state index in [2.05, 4.69) is 5.32 Å². The lowest BCUT2D eigenvalue weighted by molar-refractivity contribution is -0.118. The molecule has 12 heavy (non-hydrogen) atoms. The monoisotopic (exact) mass is 173 g/mol. The number of Topliss-reactive ketones (excluding diaryl/α,β-unsaturated/α-hetero) is 1. The lowest BCUT2D eigenvalue weighted by Gasteiger charge is -2.02. The van der Waals surface area contributed by atoms with E-state index in [9.17, 15) is 9.59 Å². The summed E-state index contributed by atoms with van der Waals surface area (Å²) in [6.07, 6.45) is 1.74. The first kappa shape index (κ1) is 10.9. The van der Waals surface area contributed by atoms with E-state index >= 15 is 0 Å². The van der Waals surface area contributed by atoms with Crippen LogP contribution in [0.2, 0.25) is 0 Å². The normalized spacial score (nSPS) is 9.17. The molecule has 2 amide bonds. The molecule has 0 rings (SSSR count). The van der Waals surface area contributed by atoms with Crippen molar-refractivity contribution in [3.63, 3.8) is 0 Å². The Kier molecular flexibility index (Phi) is 6.00. The highest BCUT2D eigenvalue weighted by atomic mass is 16.2. The summed E-state index contributed by atoms with van der Waals surface area (Å²) in [5.41, 5.74) is 1.93. The summed E-state index contributed by atoms with van der Waals surface area (Å²) in [5, 5.41) is 2.48. The Morgan fingerprint density at radius 2 is 2.08 bits per heavy atom. The molecule has 0 aromatic carbocycles. The van der Waals surface area contributed by atoms with Crippen LogP contribution in [0.1, 0.15) is 26.2 Å². The number of nitrogens with one attached hydrogen (secondary N) is 2. The standard InChI is InChI=1S/C7H15N3O2/c1-2-6(11)4-3-5-9-7(12)10-8/h2-5,8H2,1H3,(H2,9,10,12). The van der Waals surface area contributed by atoms with Crippen molar-refractivity contribution in [1.82, 2.24) is 10.7 Å². The fourth-order valence-electron chi connectivity index (χ4n) is 0.715. The zero-order valence-corrected chi connectivity index (χ0v) is 7.22.